The fourth-order valence-electron chi connectivity index (χ4n) is 3.35. The Morgan fingerprint density at radius 2 is 1.71 bits per heavy atom. The number of rotatable bonds is 1. The molecule has 2 heterocycles. The Morgan fingerprint density at radius 1 is 0.875 bits per heavy atom. The third kappa shape index (κ3) is 1.74. The molecule has 0 aliphatic carbocycles. The fourth-order valence-corrected chi connectivity index (χ4v) is 3.35. The Kier molecular flexibility index (Phi) is 2.61. The maximum atomic E-state index is 12.6. The van der Waals surface area contributed by atoms with Crippen molar-refractivity contribution in [2.24, 2.45) is 4.99 Å². The minimum absolute atomic E-state index is 0.144. The van der Waals surface area contributed by atoms with Crippen LogP contribution in [0.15, 0.2) is 76.5 Å². The molecule has 0 bridgehead atoms. The van der Waals surface area contributed by atoms with Crippen LogP contribution >= 0.6 is 0 Å². The Morgan fingerprint density at radius 3 is 2.58 bits per heavy atom. The van der Waals surface area contributed by atoms with Crippen LogP contribution < -0.4 is 5.69 Å². The molecule has 1 N–H and O–H groups in total. The fraction of sp³-hybridized carbons (Fsp3) is 0. The number of nitrogens with zero attached hydrogens (tertiary/aromatic N) is 2. The highest BCUT2D eigenvalue weighted by atomic mass is 16.1. The summed E-state index contributed by atoms with van der Waals surface area (Å²) in [4.78, 5) is 20.2. The molecule has 0 unspecified atom stereocenters. The molecule has 0 saturated carbocycles. The molecule has 4 heteroatoms. The molecule has 24 heavy (non-hydrogen) atoms. The first-order valence-electron chi connectivity index (χ1n) is 7.79. The Balaban J connectivity index is 1.92. The van der Waals surface area contributed by atoms with Gasteiger partial charge in [0.2, 0.25) is 0 Å². The number of H-pyrrole nitrogens is 1. The SMILES string of the molecule is O=c1[nH]c2cccc3c2n1-c1cccc(-c2ccccc2)c1N=C3. The van der Waals surface area contributed by atoms with Gasteiger partial charge in [-0.05, 0) is 17.7 Å². The van der Waals surface area contributed by atoms with E-state index in [0.29, 0.717) is 0 Å². The molecule has 4 aromatic rings. The van der Waals surface area contributed by atoms with Crippen molar-refractivity contribution < 1.29 is 0 Å². The first-order valence-corrected chi connectivity index (χ1v) is 7.79. The second-order valence-electron chi connectivity index (χ2n) is 5.81. The average Bonchev–Trinajstić information content (AvgIpc) is 2.85. The van der Waals surface area contributed by atoms with Crippen LogP contribution in [0.2, 0.25) is 0 Å². The summed E-state index contributed by atoms with van der Waals surface area (Å²) in [6, 6.07) is 21.9. The van der Waals surface area contributed by atoms with E-state index in [4.69, 9.17) is 4.99 Å². The molecule has 1 aliphatic rings. The van der Waals surface area contributed by atoms with Crippen molar-refractivity contribution >= 4 is 22.9 Å². The van der Waals surface area contributed by atoms with Crippen molar-refractivity contribution in [1.29, 1.82) is 0 Å². The number of fused-ring (bicyclic) bond motifs is 2. The summed E-state index contributed by atoms with van der Waals surface area (Å²) in [6.07, 6.45) is 1.84. The van der Waals surface area contributed by atoms with Gasteiger partial charge in [0, 0.05) is 17.3 Å². The van der Waals surface area contributed by atoms with E-state index in [0.717, 1.165) is 39.1 Å². The van der Waals surface area contributed by atoms with Crippen LogP contribution in [0.25, 0.3) is 27.8 Å². The van der Waals surface area contributed by atoms with E-state index in [2.05, 4.69) is 17.1 Å². The molecule has 5 rings (SSSR count). The molecular weight excluding hydrogens is 298 g/mol. The number of imidazole rings is 1. The molecule has 3 aromatic carbocycles. The standard InChI is InChI=1S/C20H13N3O/c24-20-22-16-10-4-8-14-12-21-18-15(13-6-2-1-3-7-13)9-5-11-17(18)23(20)19(14)16/h1-12H,(H,22,24). The zero-order valence-corrected chi connectivity index (χ0v) is 12.7. The number of hydrogen-bond donors (Lipinski definition) is 1. The molecule has 114 valence electrons. The smallest absolute Gasteiger partial charge is 0.305 e. The van der Waals surface area contributed by atoms with Crippen molar-refractivity contribution in [2.45, 2.75) is 0 Å². The number of hydrogen-bond acceptors (Lipinski definition) is 2. The molecule has 0 atom stereocenters. The van der Waals surface area contributed by atoms with E-state index in [1.807, 2.05) is 60.8 Å². The van der Waals surface area contributed by atoms with Gasteiger partial charge in [-0.25, -0.2) is 4.79 Å². The van der Waals surface area contributed by atoms with Crippen LogP contribution in [0.1, 0.15) is 5.56 Å². The summed E-state index contributed by atoms with van der Waals surface area (Å²) in [5, 5.41) is 0. The number of aliphatic imine (C=N–C) groups is 1. The van der Waals surface area contributed by atoms with E-state index in [1.165, 1.54) is 0 Å². The normalized spacial score (nSPS) is 12.2. The topological polar surface area (TPSA) is 50.1 Å². The number of aromatic nitrogens is 2. The molecule has 0 fully saturated rings. The summed E-state index contributed by atoms with van der Waals surface area (Å²) in [5.74, 6) is 0. The van der Waals surface area contributed by atoms with E-state index >= 15 is 0 Å². The van der Waals surface area contributed by atoms with Crippen LogP contribution in [0.5, 0.6) is 0 Å². The van der Waals surface area contributed by atoms with Gasteiger partial charge >= 0.3 is 5.69 Å². The first-order chi connectivity index (χ1) is 11.8. The lowest BCUT2D eigenvalue weighted by molar-refractivity contribution is 1.02. The third-order valence-corrected chi connectivity index (χ3v) is 4.41. The predicted molar refractivity (Wildman–Crippen MR) is 96.6 cm³/mol. The number of para-hydroxylation sites is 2. The lowest BCUT2D eigenvalue weighted by Crippen LogP contribution is -2.14. The molecule has 4 nitrogen and oxygen atoms in total. The summed E-state index contributed by atoms with van der Waals surface area (Å²) >= 11 is 0. The number of benzene rings is 3. The average molecular weight is 311 g/mol. The van der Waals surface area contributed by atoms with Crippen LogP contribution in [-0.4, -0.2) is 15.8 Å². The summed E-state index contributed by atoms with van der Waals surface area (Å²) in [5.41, 5.74) is 6.18. The van der Waals surface area contributed by atoms with Gasteiger partial charge in [0.1, 0.15) is 0 Å². The van der Waals surface area contributed by atoms with Gasteiger partial charge in [-0.15, -0.1) is 0 Å². The largest absolute Gasteiger partial charge is 0.331 e. The number of aromatic amines is 1. The molecule has 1 aromatic heterocycles. The molecule has 0 amide bonds. The quantitative estimate of drug-likeness (QED) is 0.499. The highest BCUT2D eigenvalue weighted by Crippen LogP contribution is 2.37. The minimum Gasteiger partial charge on any atom is -0.305 e. The van der Waals surface area contributed by atoms with Gasteiger partial charge in [0.05, 0.1) is 22.4 Å². The van der Waals surface area contributed by atoms with Crippen molar-refractivity contribution in [2.75, 3.05) is 0 Å². The van der Waals surface area contributed by atoms with Crippen molar-refractivity contribution in [3.63, 3.8) is 0 Å². The maximum Gasteiger partial charge on any atom is 0.331 e. The van der Waals surface area contributed by atoms with Crippen LogP contribution in [0, 0.1) is 0 Å². The molecule has 0 spiro atoms. The lowest BCUT2D eigenvalue weighted by Gasteiger charge is -2.11. The Labute approximate surface area is 137 Å². The molecule has 0 saturated heterocycles. The van der Waals surface area contributed by atoms with Gasteiger partial charge in [-0.3, -0.25) is 9.56 Å². The monoisotopic (exact) mass is 311 g/mol. The second kappa shape index (κ2) is 4.80. The Bertz CT molecular complexity index is 1170. The predicted octanol–water partition coefficient (Wildman–Crippen LogP) is 4.05. The first kappa shape index (κ1) is 13.1. The van der Waals surface area contributed by atoms with Gasteiger partial charge in [0.15, 0.2) is 0 Å². The molecular formula is C20H13N3O. The van der Waals surface area contributed by atoms with E-state index in [9.17, 15) is 4.79 Å². The van der Waals surface area contributed by atoms with Crippen LogP contribution in [0.4, 0.5) is 5.69 Å². The van der Waals surface area contributed by atoms with Crippen LogP contribution in [-0.2, 0) is 0 Å². The lowest BCUT2D eigenvalue weighted by atomic mass is 10.0. The zero-order valence-electron chi connectivity index (χ0n) is 12.7. The van der Waals surface area contributed by atoms with E-state index < -0.39 is 0 Å². The van der Waals surface area contributed by atoms with Crippen molar-refractivity contribution in [1.82, 2.24) is 9.55 Å². The third-order valence-electron chi connectivity index (χ3n) is 4.41. The summed E-state index contributed by atoms with van der Waals surface area (Å²) in [6.45, 7) is 0. The second-order valence-corrected chi connectivity index (χ2v) is 5.81. The van der Waals surface area contributed by atoms with Gasteiger partial charge in [-0.2, -0.15) is 0 Å². The number of nitrogens with one attached hydrogen (secondary N) is 1. The highest BCUT2D eigenvalue weighted by Gasteiger charge is 2.19. The van der Waals surface area contributed by atoms with Crippen molar-refractivity contribution in [3.05, 3.63) is 82.8 Å². The van der Waals surface area contributed by atoms with Gasteiger partial charge < -0.3 is 4.98 Å². The zero-order chi connectivity index (χ0) is 16.1. The molecule has 0 radical (unpaired) electrons. The maximum absolute atomic E-state index is 12.6. The van der Waals surface area contributed by atoms with Gasteiger partial charge in [0.25, 0.3) is 0 Å². The summed E-state index contributed by atoms with van der Waals surface area (Å²) in [7, 11) is 0. The Hall–Kier alpha value is -3.40. The van der Waals surface area contributed by atoms with E-state index in [-0.39, 0.29) is 5.69 Å². The van der Waals surface area contributed by atoms with Gasteiger partial charge in [-0.1, -0.05) is 54.6 Å². The summed E-state index contributed by atoms with van der Waals surface area (Å²) < 4.78 is 1.72. The molecule has 1 aliphatic heterocycles. The van der Waals surface area contributed by atoms with Crippen LogP contribution in [0.3, 0.4) is 0 Å². The van der Waals surface area contributed by atoms with E-state index in [1.54, 1.807) is 4.57 Å². The highest BCUT2D eigenvalue weighted by molar-refractivity contribution is 6.01. The minimum atomic E-state index is -0.144. The van der Waals surface area contributed by atoms with Crippen molar-refractivity contribution in [3.8, 4) is 16.8 Å².